The van der Waals surface area contributed by atoms with Crippen LogP contribution >= 0.6 is 23.1 Å². The van der Waals surface area contributed by atoms with E-state index in [1.807, 2.05) is 30.3 Å². The standard InChI is InChI=1S/C27H21N3O5S2/c1-35-20-14-18(12-13-19(20)31)22-21(23(32)17-10-6-3-7-11-17)24(33)25(34)30(22)26-28-29-27(37-26)36-15-16-8-4-2-5-9-16/h2-14,22,31-32H,15H2,1H3/b23-21-. The molecule has 37 heavy (non-hydrogen) atoms. The SMILES string of the molecule is COc1cc(C2/C(=C(/O)c3ccccc3)C(=O)C(=O)N2c2nnc(SCc3ccccc3)s2)ccc1O. The minimum Gasteiger partial charge on any atom is -0.507 e. The third-order valence-corrected chi connectivity index (χ3v) is 7.95. The molecule has 1 aromatic heterocycles. The fraction of sp³-hybridized carbons (Fsp3) is 0.111. The monoisotopic (exact) mass is 531 g/mol. The second kappa shape index (κ2) is 10.5. The molecule has 2 heterocycles. The quantitative estimate of drug-likeness (QED) is 0.110. The van der Waals surface area contributed by atoms with Crippen LogP contribution in [-0.4, -0.2) is 39.2 Å². The van der Waals surface area contributed by atoms with Crippen molar-refractivity contribution in [1.29, 1.82) is 0 Å². The van der Waals surface area contributed by atoms with Crippen LogP contribution in [0.4, 0.5) is 5.13 Å². The van der Waals surface area contributed by atoms with Crippen LogP contribution in [0.5, 0.6) is 11.5 Å². The zero-order chi connectivity index (χ0) is 25.9. The number of phenolic OH excluding ortho intramolecular Hbond substituents is 1. The number of nitrogens with zero attached hydrogens (tertiary/aromatic N) is 3. The Morgan fingerprint density at radius 3 is 2.43 bits per heavy atom. The van der Waals surface area contributed by atoms with Gasteiger partial charge in [-0.2, -0.15) is 0 Å². The molecule has 0 saturated carbocycles. The maximum Gasteiger partial charge on any atom is 0.301 e. The number of aromatic nitrogens is 2. The molecule has 4 aromatic rings. The summed E-state index contributed by atoms with van der Waals surface area (Å²) in [5.74, 6) is -1.24. The Hall–Kier alpha value is -4.15. The first-order chi connectivity index (χ1) is 18.0. The number of amides is 1. The molecule has 2 N–H and O–H groups in total. The highest BCUT2D eigenvalue weighted by molar-refractivity contribution is 8.00. The fourth-order valence-corrected chi connectivity index (χ4v) is 5.86. The Morgan fingerprint density at radius 1 is 1.03 bits per heavy atom. The average molecular weight is 532 g/mol. The zero-order valence-electron chi connectivity index (χ0n) is 19.6. The molecule has 5 rings (SSSR count). The number of rotatable bonds is 7. The maximum absolute atomic E-state index is 13.3. The van der Waals surface area contributed by atoms with Gasteiger partial charge in [0.15, 0.2) is 15.8 Å². The lowest BCUT2D eigenvalue weighted by Gasteiger charge is -2.23. The number of methoxy groups -OCH3 is 1. The summed E-state index contributed by atoms with van der Waals surface area (Å²) in [7, 11) is 1.40. The number of ether oxygens (including phenoxy) is 1. The number of aromatic hydroxyl groups is 1. The van der Waals surface area contributed by atoms with Crippen molar-refractivity contribution in [1.82, 2.24) is 10.2 Å². The van der Waals surface area contributed by atoms with Crippen molar-refractivity contribution >= 4 is 45.7 Å². The number of hydrogen-bond acceptors (Lipinski definition) is 9. The number of benzene rings is 3. The van der Waals surface area contributed by atoms with Gasteiger partial charge in [-0.15, -0.1) is 10.2 Å². The number of thioether (sulfide) groups is 1. The predicted octanol–water partition coefficient (Wildman–Crippen LogP) is 5.17. The number of aliphatic hydroxyl groups excluding tert-OH is 1. The summed E-state index contributed by atoms with van der Waals surface area (Å²) in [5.41, 5.74) is 1.88. The topological polar surface area (TPSA) is 113 Å². The summed E-state index contributed by atoms with van der Waals surface area (Å²) < 4.78 is 5.88. The first kappa shape index (κ1) is 24.5. The number of carbonyl (C=O) groups excluding carboxylic acids is 2. The van der Waals surface area contributed by atoms with E-state index in [1.54, 1.807) is 36.4 Å². The van der Waals surface area contributed by atoms with Gasteiger partial charge in [0.1, 0.15) is 5.76 Å². The van der Waals surface area contributed by atoms with Gasteiger partial charge in [0.05, 0.1) is 18.7 Å². The first-order valence-corrected chi connectivity index (χ1v) is 13.0. The molecule has 10 heteroatoms. The van der Waals surface area contributed by atoms with E-state index in [0.29, 0.717) is 21.2 Å². The van der Waals surface area contributed by atoms with Crippen LogP contribution in [0.15, 0.2) is 88.8 Å². The third-order valence-electron chi connectivity index (χ3n) is 5.82. The largest absolute Gasteiger partial charge is 0.507 e. The van der Waals surface area contributed by atoms with Crippen LogP contribution in [0.3, 0.4) is 0 Å². The second-order valence-electron chi connectivity index (χ2n) is 8.09. The second-order valence-corrected chi connectivity index (χ2v) is 10.3. The third kappa shape index (κ3) is 4.81. The molecule has 8 nitrogen and oxygen atoms in total. The highest BCUT2D eigenvalue weighted by atomic mass is 32.2. The lowest BCUT2D eigenvalue weighted by Crippen LogP contribution is -2.29. The van der Waals surface area contributed by atoms with Gasteiger partial charge in [-0.25, -0.2) is 0 Å². The van der Waals surface area contributed by atoms with Crippen molar-refractivity contribution in [3.8, 4) is 11.5 Å². The minimum absolute atomic E-state index is 0.0855. The van der Waals surface area contributed by atoms with E-state index < -0.39 is 17.7 Å². The number of phenols is 1. The molecule has 0 aliphatic carbocycles. The molecular weight excluding hydrogens is 510 g/mol. The zero-order valence-corrected chi connectivity index (χ0v) is 21.2. The van der Waals surface area contributed by atoms with Gasteiger partial charge in [0, 0.05) is 11.3 Å². The highest BCUT2D eigenvalue weighted by Crippen LogP contribution is 2.45. The molecular formula is C27H21N3O5S2. The maximum atomic E-state index is 13.3. The van der Waals surface area contributed by atoms with E-state index >= 15 is 0 Å². The molecule has 186 valence electrons. The highest BCUT2D eigenvalue weighted by Gasteiger charge is 2.48. The predicted molar refractivity (Wildman–Crippen MR) is 142 cm³/mol. The number of hydrogen-bond donors (Lipinski definition) is 2. The average Bonchev–Trinajstić information content (AvgIpc) is 3.50. The summed E-state index contributed by atoms with van der Waals surface area (Å²) in [4.78, 5) is 27.9. The molecule has 3 aromatic carbocycles. The van der Waals surface area contributed by atoms with Crippen LogP contribution in [0, 0.1) is 0 Å². The first-order valence-electron chi connectivity index (χ1n) is 11.2. The lowest BCUT2D eigenvalue weighted by atomic mass is 9.95. The Kier molecular flexibility index (Phi) is 6.93. The molecule has 1 amide bonds. The Bertz CT molecular complexity index is 1490. The number of carbonyl (C=O) groups is 2. The van der Waals surface area contributed by atoms with Gasteiger partial charge in [-0.1, -0.05) is 89.8 Å². The Labute approximate surface area is 220 Å². The van der Waals surface area contributed by atoms with E-state index in [9.17, 15) is 19.8 Å². The van der Waals surface area contributed by atoms with Crippen molar-refractivity contribution in [3.05, 3.63) is 101 Å². The molecule has 0 radical (unpaired) electrons. The lowest BCUT2D eigenvalue weighted by molar-refractivity contribution is -0.132. The van der Waals surface area contributed by atoms with E-state index in [2.05, 4.69) is 10.2 Å². The van der Waals surface area contributed by atoms with Crippen LogP contribution in [-0.2, 0) is 15.3 Å². The van der Waals surface area contributed by atoms with Crippen LogP contribution in [0.2, 0.25) is 0 Å². The molecule has 1 aliphatic rings. The van der Waals surface area contributed by atoms with Crippen LogP contribution in [0.1, 0.15) is 22.7 Å². The Morgan fingerprint density at radius 2 is 1.73 bits per heavy atom. The van der Waals surface area contributed by atoms with Crippen molar-refractivity contribution in [2.75, 3.05) is 12.0 Å². The van der Waals surface area contributed by atoms with E-state index in [-0.39, 0.29) is 28.0 Å². The summed E-state index contributed by atoms with van der Waals surface area (Å²) in [6.07, 6.45) is 0. The van der Waals surface area contributed by atoms with E-state index in [1.165, 1.54) is 47.2 Å². The van der Waals surface area contributed by atoms with Gasteiger partial charge in [0.2, 0.25) is 5.13 Å². The number of Topliss-reactive ketones (excluding diaryl/α,β-unsaturated/α-hetero) is 1. The summed E-state index contributed by atoms with van der Waals surface area (Å²) in [6.45, 7) is 0. The molecule has 0 bridgehead atoms. The number of anilines is 1. The van der Waals surface area contributed by atoms with Gasteiger partial charge in [0.25, 0.3) is 5.78 Å². The van der Waals surface area contributed by atoms with Crippen LogP contribution < -0.4 is 9.64 Å². The van der Waals surface area contributed by atoms with Gasteiger partial charge >= 0.3 is 5.91 Å². The van der Waals surface area contributed by atoms with Crippen molar-refractivity contribution in [2.24, 2.45) is 0 Å². The van der Waals surface area contributed by atoms with Gasteiger partial charge < -0.3 is 14.9 Å². The summed E-state index contributed by atoms with van der Waals surface area (Å²) in [5, 5.41) is 29.9. The molecule has 1 atom stereocenters. The smallest absolute Gasteiger partial charge is 0.301 e. The molecule has 1 unspecified atom stereocenters. The van der Waals surface area contributed by atoms with Gasteiger partial charge in [-0.05, 0) is 23.3 Å². The Balaban J connectivity index is 1.58. The minimum atomic E-state index is -1.00. The van der Waals surface area contributed by atoms with Gasteiger partial charge in [-0.3, -0.25) is 14.5 Å². The molecule has 0 spiro atoms. The fourth-order valence-electron chi connectivity index (χ4n) is 4.04. The molecule has 1 fully saturated rings. The summed E-state index contributed by atoms with van der Waals surface area (Å²) in [6, 6.07) is 21.9. The van der Waals surface area contributed by atoms with Crippen molar-refractivity contribution in [3.63, 3.8) is 0 Å². The summed E-state index contributed by atoms with van der Waals surface area (Å²) >= 11 is 2.66. The van der Waals surface area contributed by atoms with E-state index in [0.717, 1.165) is 5.56 Å². The molecule has 1 saturated heterocycles. The number of aliphatic hydroxyl groups is 1. The molecule has 1 aliphatic heterocycles. The van der Waals surface area contributed by atoms with Crippen molar-refractivity contribution in [2.45, 2.75) is 16.1 Å². The van der Waals surface area contributed by atoms with Crippen LogP contribution in [0.25, 0.3) is 5.76 Å². The normalized spacial score (nSPS) is 16.8. The number of ketones is 1. The van der Waals surface area contributed by atoms with Crippen molar-refractivity contribution < 1.29 is 24.5 Å². The van der Waals surface area contributed by atoms with E-state index in [4.69, 9.17) is 4.74 Å².